The van der Waals surface area contributed by atoms with Gasteiger partial charge in [-0.25, -0.2) is 4.79 Å². The van der Waals surface area contributed by atoms with Crippen molar-refractivity contribution in [1.29, 1.82) is 0 Å². The zero-order chi connectivity index (χ0) is 11.0. The highest BCUT2D eigenvalue weighted by molar-refractivity contribution is 9.10. The molecule has 0 unspecified atom stereocenters. The maximum Gasteiger partial charge on any atom is 0.339 e. The molecule has 0 aliphatic carbocycles. The minimum absolute atomic E-state index is 0.0358. The van der Waals surface area contributed by atoms with Crippen molar-refractivity contribution in [2.45, 2.75) is 0 Å². The summed E-state index contributed by atoms with van der Waals surface area (Å²) in [5.41, 5.74) is 0.0358. The summed E-state index contributed by atoms with van der Waals surface area (Å²) in [6.07, 6.45) is 0. The van der Waals surface area contributed by atoms with Gasteiger partial charge in [0.2, 0.25) is 6.79 Å². The molecule has 0 radical (unpaired) electrons. The number of halogens is 1. The van der Waals surface area contributed by atoms with Crippen LogP contribution in [0.25, 0.3) is 0 Å². The summed E-state index contributed by atoms with van der Waals surface area (Å²) < 4.78 is 15.7. The number of hydrogen-bond acceptors (Lipinski definition) is 4. The van der Waals surface area contributed by atoms with Crippen LogP contribution in [-0.4, -0.2) is 25.0 Å². The van der Waals surface area contributed by atoms with Crippen LogP contribution in [-0.2, 0) is 0 Å². The normalized spacial score (nSPS) is 12.7. The van der Waals surface area contributed by atoms with Crippen LogP contribution >= 0.6 is 15.9 Å². The predicted octanol–water partition coefficient (Wildman–Crippen LogP) is 1.88. The Bertz CT molecular complexity index is 429. The number of aromatic carboxylic acids is 1. The molecule has 1 heterocycles. The zero-order valence-electron chi connectivity index (χ0n) is 7.74. The fourth-order valence-electron chi connectivity index (χ4n) is 1.34. The molecule has 0 amide bonds. The second-order valence-electron chi connectivity index (χ2n) is 2.81. The van der Waals surface area contributed by atoms with Gasteiger partial charge < -0.3 is 19.3 Å². The molecule has 15 heavy (non-hydrogen) atoms. The minimum atomic E-state index is -1.08. The van der Waals surface area contributed by atoms with E-state index >= 15 is 0 Å². The Morgan fingerprint density at radius 1 is 1.60 bits per heavy atom. The number of methoxy groups -OCH3 is 1. The second-order valence-corrected chi connectivity index (χ2v) is 3.60. The number of ether oxygens (including phenoxy) is 3. The van der Waals surface area contributed by atoms with E-state index in [0.717, 1.165) is 0 Å². The molecule has 0 saturated carbocycles. The number of rotatable bonds is 2. The first-order valence-corrected chi connectivity index (χ1v) is 4.84. The summed E-state index contributed by atoms with van der Waals surface area (Å²) in [6.45, 7) is 0.0835. The number of carboxylic acid groups (broad SMARTS) is 1. The summed E-state index contributed by atoms with van der Waals surface area (Å²) in [5, 5.41) is 8.96. The molecule has 1 aromatic carbocycles. The summed E-state index contributed by atoms with van der Waals surface area (Å²) in [7, 11) is 1.40. The third-order valence-corrected chi connectivity index (χ3v) is 2.72. The maximum atomic E-state index is 10.9. The molecular weight excluding hydrogens is 268 g/mol. The topological polar surface area (TPSA) is 65.0 Å². The van der Waals surface area contributed by atoms with Gasteiger partial charge in [0.05, 0.1) is 7.11 Å². The first-order valence-electron chi connectivity index (χ1n) is 4.04. The first kappa shape index (κ1) is 10.1. The fraction of sp³-hybridized carbons (Fsp3) is 0.222. The third kappa shape index (κ3) is 1.50. The van der Waals surface area contributed by atoms with Crippen molar-refractivity contribution in [2.75, 3.05) is 13.9 Å². The lowest BCUT2D eigenvalue weighted by Gasteiger charge is -2.09. The lowest BCUT2D eigenvalue weighted by Crippen LogP contribution is -2.01. The third-order valence-electron chi connectivity index (χ3n) is 1.99. The van der Waals surface area contributed by atoms with Crippen molar-refractivity contribution < 1.29 is 24.1 Å². The van der Waals surface area contributed by atoms with Crippen LogP contribution in [0, 0.1) is 0 Å². The number of carboxylic acids is 1. The van der Waals surface area contributed by atoms with E-state index in [2.05, 4.69) is 15.9 Å². The van der Waals surface area contributed by atoms with E-state index in [4.69, 9.17) is 19.3 Å². The molecule has 5 nitrogen and oxygen atoms in total. The SMILES string of the molecule is COc1c(C(=O)O)cc2c(c1Br)OCO2. The van der Waals surface area contributed by atoms with E-state index in [1.54, 1.807) is 0 Å². The molecule has 6 heteroatoms. The van der Waals surface area contributed by atoms with Crippen molar-refractivity contribution in [3.05, 3.63) is 16.1 Å². The van der Waals surface area contributed by atoms with Gasteiger partial charge in [0, 0.05) is 6.07 Å². The molecule has 2 rings (SSSR count). The smallest absolute Gasteiger partial charge is 0.339 e. The van der Waals surface area contributed by atoms with Crippen LogP contribution < -0.4 is 14.2 Å². The molecule has 0 aromatic heterocycles. The number of fused-ring (bicyclic) bond motifs is 1. The standard InChI is InChI=1S/C9H7BrO5/c1-13-7-4(9(11)12)2-5-8(6(7)10)15-3-14-5/h2H,3H2,1H3,(H,11,12). The molecule has 1 N–H and O–H groups in total. The van der Waals surface area contributed by atoms with Crippen molar-refractivity contribution in [2.24, 2.45) is 0 Å². The molecule has 0 spiro atoms. The Morgan fingerprint density at radius 2 is 2.33 bits per heavy atom. The average Bonchev–Trinajstić information content (AvgIpc) is 2.65. The lowest BCUT2D eigenvalue weighted by atomic mass is 10.2. The molecule has 1 aromatic rings. The van der Waals surface area contributed by atoms with Crippen LogP contribution in [0.15, 0.2) is 10.5 Å². The second kappa shape index (κ2) is 3.62. The van der Waals surface area contributed by atoms with Crippen LogP contribution in [0.4, 0.5) is 0 Å². The largest absolute Gasteiger partial charge is 0.495 e. The molecular formula is C9H7BrO5. The lowest BCUT2D eigenvalue weighted by molar-refractivity contribution is 0.0692. The number of carbonyl (C=O) groups is 1. The summed E-state index contributed by atoms with van der Waals surface area (Å²) in [6, 6.07) is 1.38. The Morgan fingerprint density at radius 3 is 2.93 bits per heavy atom. The van der Waals surface area contributed by atoms with E-state index in [1.165, 1.54) is 13.2 Å². The van der Waals surface area contributed by atoms with Gasteiger partial charge in [0.15, 0.2) is 17.2 Å². The first-order chi connectivity index (χ1) is 7.15. The zero-order valence-corrected chi connectivity index (χ0v) is 9.33. The van der Waals surface area contributed by atoms with Gasteiger partial charge in [-0.1, -0.05) is 0 Å². The van der Waals surface area contributed by atoms with Crippen LogP contribution in [0.3, 0.4) is 0 Å². The van der Waals surface area contributed by atoms with Gasteiger partial charge in [-0.2, -0.15) is 0 Å². The quantitative estimate of drug-likeness (QED) is 0.892. The Balaban J connectivity index is 2.66. The fourth-order valence-corrected chi connectivity index (χ4v) is 2.03. The van der Waals surface area contributed by atoms with Crippen molar-refractivity contribution in [1.82, 2.24) is 0 Å². The van der Waals surface area contributed by atoms with Crippen LogP contribution in [0.1, 0.15) is 10.4 Å². The number of hydrogen-bond donors (Lipinski definition) is 1. The summed E-state index contributed by atoms with van der Waals surface area (Å²) >= 11 is 3.22. The van der Waals surface area contributed by atoms with Gasteiger partial charge in [-0.3, -0.25) is 0 Å². The number of benzene rings is 1. The maximum absolute atomic E-state index is 10.9. The van der Waals surface area contributed by atoms with E-state index < -0.39 is 5.97 Å². The molecule has 1 aliphatic heterocycles. The summed E-state index contributed by atoms with van der Waals surface area (Å²) in [4.78, 5) is 10.9. The van der Waals surface area contributed by atoms with Crippen molar-refractivity contribution in [3.8, 4) is 17.2 Å². The highest BCUT2D eigenvalue weighted by Crippen LogP contribution is 2.46. The van der Waals surface area contributed by atoms with E-state index in [1.807, 2.05) is 0 Å². The van der Waals surface area contributed by atoms with E-state index in [0.29, 0.717) is 16.0 Å². The van der Waals surface area contributed by atoms with Crippen LogP contribution in [0.5, 0.6) is 17.2 Å². The van der Waals surface area contributed by atoms with Crippen molar-refractivity contribution in [3.63, 3.8) is 0 Å². The molecule has 0 saturated heterocycles. The van der Waals surface area contributed by atoms with Gasteiger partial charge in [-0.15, -0.1) is 0 Å². The average molecular weight is 275 g/mol. The molecule has 0 bridgehead atoms. The van der Waals surface area contributed by atoms with E-state index in [-0.39, 0.29) is 18.1 Å². The van der Waals surface area contributed by atoms with Crippen molar-refractivity contribution >= 4 is 21.9 Å². The Labute approximate surface area is 93.7 Å². The van der Waals surface area contributed by atoms with Gasteiger partial charge >= 0.3 is 5.97 Å². The molecule has 0 atom stereocenters. The highest BCUT2D eigenvalue weighted by Gasteiger charge is 2.26. The predicted molar refractivity (Wildman–Crippen MR) is 53.8 cm³/mol. The highest BCUT2D eigenvalue weighted by atomic mass is 79.9. The van der Waals surface area contributed by atoms with Gasteiger partial charge in [0.1, 0.15) is 10.0 Å². The summed E-state index contributed by atoms with van der Waals surface area (Å²) in [5.74, 6) is 0.0227. The Kier molecular flexibility index (Phi) is 2.44. The van der Waals surface area contributed by atoms with Crippen LogP contribution in [0.2, 0.25) is 0 Å². The van der Waals surface area contributed by atoms with E-state index in [9.17, 15) is 4.79 Å². The molecule has 80 valence electrons. The van der Waals surface area contributed by atoms with Gasteiger partial charge in [-0.05, 0) is 15.9 Å². The Hall–Kier alpha value is -1.43. The minimum Gasteiger partial charge on any atom is -0.495 e. The monoisotopic (exact) mass is 274 g/mol. The molecule has 1 aliphatic rings. The molecule has 0 fully saturated rings. The van der Waals surface area contributed by atoms with Gasteiger partial charge in [0.25, 0.3) is 0 Å².